The second-order valence-electron chi connectivity index (χ2n) is 10.9. The summed E-state index contributed by atoms with van der Waals surface area (Å²) in [6, 6.07) is 26.9. The Kier molecular flexibility index (Phi) is 8.05. The predicted octanol–water partition coefficient (Wildman–Crippen LogP) is 6.04. The Labute approximate surface area is 205 Å². The molecule has 3 aromatic carbocycles. The van der Waals surface area contributed by atoms with Crippen LogP contribution in [0.1, 0.15) is 11.1 Å². The molecule has 0 aliphatic carbocycles. The van der Waals surface area contributed by atoms with Crippen LogP contribution in [0.3, 0.4) is 0 Å². The second-order valence-corrected chi connectivity index (χ2v) is 25.6. The second kappa shape index (κ2) is 10.1. The van der Waals surface area contributed by atoms with E-state index in [-0.39, 0.29) is 0 Å². The van der Waals surface area contributed by atoms with Crippen molar-refractivity contribution in [3.63, 3.8) is 0 Å². The quantitative estimate of drug-likeness (QED) is 0.272. The minimum Gasteiger partial charge on any atom is -0.433 e. The molecule has 0 spiro atoms. The summed E-state index contributed by atoms with van der Waals surface area (Å²) in [5.74, 6) is 0. The minimum atomic E-state index is -2.66. The molecule has 6 heteroatoms. The van der Waals surface area contributed by atoms with Crippen molar-refractivity contribution in [2.75, 3.05) is 0 Å². The lowest BCUT2D eigenvalue weighted by molar-refractivity contribution is 0.405. The first-order chi connectivity index (χ1) is 15.3. The van der Waals surface area contributed by atoms with Gasteiger partial charge in [-0.05, 0) is 83.5 Å². The lowest BCUT2D eigenvalue weighted by Gasteiger charge is -2.40. The molecule has 0 amide bonds. The molecule has 176 valence electrons. The molecule has 0 fully saturated rings. The van der Waals surface area contributed by atoms with Gasteiger partial charge in [0.1, 0.15) is 0 Å². The van der Waals surface area contributed by atoms with Crippen LogP contribution in [-0.2, 0) is 8.23 Å². The first kappa shape index (κ1) is 26.3. The third-order valence-electron chi connectivity index (χ3n) is 5.12. The smallest absolute Gasteiger partial charge is 0.349 e. The van der Waals surface area contributed by atoms with Crippen molar-refractivity contribution in [3.8, 4) is 0 Å². The number of benzene rings is 3. The molecule has 33 heavy (non-hydrogen) atoms. The lowest BCUT2D eigenvalue weighted by Crippen LogP contribution is -2.63. The van der Waals surface area contributed by atoms with E-state index in [4.69, 9.17) is 8.23 Å². The molecule has 0 aromatic heterocycles. The zero-order chi connectivity index (χ0) is 24.4. The molecule has 2 nitrogen and oxygen atoms in total. The molecule has 0 aliphatic heterocycles. The standard InChI is InChI=1S/C27H39O2PSi3/c1-22-19-23(2)21-25(20-22)30(24-15-11-10-12-16-24)26-17-13-14-18-27(26)33(9,28-31(3,4)5)29-32(6,7)8/h10-21H,1-9H3. The summed E-state index contributed by atoms with van der Waals surface area (Å²) in [6.45, 7) is 20.3. The zero-order valence-corrected chi connectivity index (χ0v) is 25.6. The molecule has 0 heterocycles. The average molecular weight is 511 g/mol. The first-order valence-electron chi connectivity index (χ1n) is 11.7. The summed E-state index contributed by atoms with van der Waals surface area (Å²) in [4.78, 5) is 0. The van der Waals surface area contributed by atoms with Gasteiger partial charge in [0.05, 0.1) is 0 Å². The number of rotatable bonds is 8. The summed E-state index contributed by atoms with van der Waals surface area (Å²) in [5, 5.41) is 5.42. The molecule has 3 aromatic rings. The van der Waals surface area contributed by atoms with Crippen LogP contribution < -0.4 is 21.1 Å². The molecule has 0 saturated heterocycles. The van der Waals surface area contributed by atoms with E-state index >= 15 is 0 Å². The highest BCUT2D eigenvalue weighted by Crippen LogP contribution is 2.34. The normalized spacial score (nSPS) is 13.7. The maximum absolute atomic E-state index is 7.00. The van der Waals surface area contributed by atoms with Crippen LogP contribution in [0.25, 0.3) is 0 Å². The van der Waals surface area contributed by atoms with Crippen molar-refractivity contribution in [2.45, 2.75) is 59.7 Å². The maximum atomic E-state index is 7.00. The third kappa shape index (κ3) is 7.08. The Morgan fingerprint density at radius 1 is 0.576 bits per heavy atom. The first-order valence-corrected chi connectivity index (χ1v) is 22.2. The van der Waals surface area contributed by atoms with E-state index < -0.39 is 33.1 Å². The van der Waals surface area contributed by atoms with Gasteiger partial charge in [-0.1, -0.05) is 83.9 Å². The van der Waals surface area contributed by atoms with Crippen LogP contribution in [0.4, 0.5) is 0 Å². The SMILES string of the molecule is Cc1cc(C)cc(P(c2ccccc2)c2ccccc2[Si](C)(O[Si](C)(C)C)O[Si](C)(C)C)c1. The van der Waals surface area contributed by atoms with E-state index in [1.807, 2.05) is 0 Å². The summed E-state index contributed by atoms with van der Waals surface area (Å²) >= 11 is 0. The average Bonchev–Trinajstić information content (AvgIpc) is 2.66. The Hall–Kier alpha value is -1.34. The molecule has 0 N–H and O–H groups in total. The molecule has 0 radical (unpaired) electrons. The van der Waals surface area contributed by atoms with Crippen molar-refractivity contribution in [1.82, 2.24) is 0 Å². The number of hydrogen-bond acceptors (Lipinski definition) is 2. The van der Waals surface area contributed by atoms with E-state index in [2.05, 4.69) is 132 Å². The monoisotopic (exact) mass is 510 g/mol. The molecular weight excluding hydrogens is 472 g/mol. The van der Waals surface area contributed by atoms with Crippen molar-refractivity contribution in [2.24, 2.45) is 0 Å². The highest BCUT2D eigenvalue weighted by atomic mass is 31.1. The van der Waals surface area contributed by atoms with E-state index in [0.717, 1.165) is 0 Å². The fourth-order valence-corrected chi connectivity index (χ4v) is 19.6. The zero-order valence-electron chi connectivity index (χ0n) is 21.7. The fourth-order valence-electron chi connectivity index (χ4n) is 4.44. The highest BCUT2D eigenvalue weighted by molar-refractivity contribution is 7.80. The van der Waals surface area contributed by atoms with Crippen molar-refractivity contribution >= 4 is 54.2 Å². The van der Waals surface area contributed by atoms with Gasteiger partial charge < -0.3 is 8.23 Å². The summed E-state index contributed by atoms with van der Waals surface area (Å²) in [6.07, 6.45) is 0. The van der Waals surface area contributed by atoms with Crippen molar-refractivity contribution in [1.29, 1.82) is 0 Å². The number of aryl methyl sites for hydroxylation is 2. The predicted molar refractivity (Wildman–Crippen MR) is 155 cm³/mol. The topological polar surface area (TPSA) is 18.5 Å². The Balaban J connectivity index is 2.29. The molecule has 1 unspecified atom stereocenters. The summed E-state index contributed by atoms with van der Waals surface area (Å²) < 4.78 is 14.0. The van der Waals surface area contributed by atoms with Gasteiger partial charge in [0.25, 0.3) is 0 Å². The van der Waals surface area contributed by atoms with Gasteiger partial charge in [-0.3, -0.25) is 0 Å². The van der Waals surface area contributed by atoms with Crippen LogP contribution in [0.5, 0.6) is 0 Å². The fraction of sp³-hybridized carbons (Fsp3) is 0.333. The Morgan fingerprint density at radius 3 is 1.58 bits per heavy atom. The third-order valence-corrected chi connectivity index (χ3v) is 17.2. The van der Waals surface area contributed by atoms with E-state index in [1.165, 1.54) is 32.2 Å². The van der Waals surface area contributed by atoms with E-state index in [9.17, 15) is 0 Å². The molecule has 0 aliphatic rings. The molecule has 3 rings (SSSR count). The van der Waals surface area contributed by atoms with Gasteiger partial charge in [0.2, 0.25) is 0 Å². The van der Waals surface area contributed by atoms with E-state index in [0.29, 0.717) is 0 Å². The maximum Gasteiger partial charge on any atom is 0.349 e. The van der Waals surface area contributed by atoms with Crippen LogP contribution >= 0.6 is 7.92 Å². The molecule has 0 bridgehead atoms. The largest absolute Gasteiger partial charge is 0.433 e. The summed E-state index contributed by atoms with van der Waals surface area (Å²) in [7, 11) is -7.08. The minimum absolute atomic E-state index is 0.741. The summed E-state index contributed by atoms with van der Waals surface area (Å²) in [5.41, 5.74) is 2.62. The van der Waals surface area contributed by atoms with Crippen LogP contribution in [-0.4, -0.2) is 25.2 Å². The highest BCUT2D eigenvalue weighted by Gasteiger charge is 2.44. The van der Waals surface area contributed by atoms with Gasteiger partial charge >= 0.3 is 8.56 Å². The molecule has 0 saturated carbocycles. The Bertz CT molecular complexity index is 1050. The van der Waals surface area contributed by atoms with Crippen LogP contribution in [0.2, 0.25) is 45.8 Å². The van der Waals surface area contributed by atoms with Gasteiger partial charge in [-0.25, -0.2) is 0 Å². The Morgan fingerprint density at radius 2 is 1.06 bits per heavy atom. The van der Waals surface area contributed by atoms with E-state index in [1.54, 1.807) is 0 Å². The van der Waals surface area contributed by atoms with Gasteiger partial charge in [-0.2, -0.15) is 0 Å². The molecular formula is C27H39O2PSi3. The van der Waals surface area contributed by atoms with Gasteiger partial charge in [-0.15, -0.1) is 0 Å². The number of hydrogen-bond donors (Lipinski definition) is 0. The van der Waals surface area contributed by atoms with Crippen LogP contribution in [0.15, 0.2) is 72.8 Å². The molecule has 1 atom stereocenters. The van der Waals surface area contributed by atoms with Gasteiger partial charge in [0.15, 0.2) is 16.6 Å². The van der Waals surface area contributed by atoms with Crippen molar-refractivity contribution in [3.05, 3.63) is 83.9 Å². The van der Waals surface area contributed by atoms with Gasteiger partial charge in [0, 0.05) is 5.19 Å². The van der Waals surface area contributed by atoms with Crippen molar-refractivity contribution < 1.29 is 8.23 Å². The lowest BCUT2D eigenvalue weighted by atomic mass is 10.2. The van der Waals surface area contributed by atoms with Crippen LogP contribution in [0, 0.1) is 13.8 Å².